The summed E-state index contributed by atoms with van der Waals surface area (Å²) in [4.78, 5) is 28.5. The number of benzene rings is 1. The Labute approximate surface area is 175 Å². The molecule has 4 rings (SSSR count). The number of piperidine rings is 1. The molecule has 3 heterocycles. The van der Waals surface area contributed by atoms with Crippen LogP contribution in [0.4, 0.5) is 10.3 Å². The summed E-state index contributed by atoms with van der Waals surface area (Å²) in [5.41, 5.74) is 1.23. The van der Waals surface area contributed by atoms with E-state index in [0.29, 0.717) is 24.6 Å². The summed E-state index contributed by atoms with van der Waals surface area (Å²) in [5.74, 6) is 0.462. The molecule has 8 heteroatoms. The average Bonchev–Trinajstić information content (AvgIpc) is 3.41. The van der Waals surface area contributed by atoms with E-state index in [1.165, 1.54) is 16.9 Å². The van der Waals surface area contributed by atoms with Gasteiger partial charge in [-0.05, 0) is 30.7 Å². The zero-order valence-corrected chi connectivity index (χ0v) is 17.5. The predicted molar refractivity (Wildman–Crippen MR) is 114 cm³/mol. The maximum absolute atomic E-state index is 12.7. The highest BCUT2D eigenvalue weighted by atomic mass is 32.1. The van der Waals surface area contributed by atoms with E-state index >= 15 is 0 Å². The Kier molecular flexibility index (Phi) is 6.08. The van der Waals surface area contributed by atoms with Gasteiger partial charge in [0.05, 0.1) is 5.92 Å². The lowest BCUT2D eigenvalue weighted by Gasteiger charge is -2.31. The molecule has 29 heavy (non-hydrogen) atoms. The summed E-state index contributed by atoms with van der Waals surface area (Å²) >= 11 is 1.45. The molecular weight excluding hydrogens is 386 g/mol. The third-order valence-corrected chi connectivity index (χ3v) is 6.73. The van der Waals surface area contributed by atoms with E-state index in [2.05, 4.69) is 39.5 Å². The summed E-state index contributed by atoms with van der Waals surface area (Å²) in [5, 5.41) is 13.1. The van der Waals surface area contributed by atoms with E-state index in [1.54, 1.807) is 4.90 Å². The van der Waals surface area contributed by atoms with E-state index in [9.17, 15) is 9.59 Å². The minimum atomic E-state index is -0.0486. The minimum Gasteiger partial charge on any atom is -0.355 e. The summed E-state index contributed by atoms with van der Waals surface area (Å²) in [6, 6.07) is 10.2. The summed E-state index contributed by atoms with van der Waals surface area (Å²) in [6.45, 7) is 5.00. The fourth-order valence-electron chi connectivity index (χ4n) is 3.96. The molecule has 2 aliphatic rings. The van der Waals surface area contributed by atoms with Gasteiger partial charge in [0.25, 0.3) is 0 Å². The van der Waals surface area contributed by atoms with E-state index in [1.807, 2.05) is 18.2 Å². The van der Waals surface area contributed by atoms with Gasteiger partial charge in [0.15, 0.2) is 0 Å². The van der Waals surface area contributed by atoms with Crippen molar-refractivity contribution in [3.05, 3.63) is 35.9 Å². The standard InChI is InChI=1S/C21H27N5O2S/c1-15(16-7-3-2-4-8-16)13-22-19(28)17-9-5-11-25(14-17)20-23-24-21(29-20)26-12-6-10-18(26)27/h2-4,7-8,15,17H,5-6,9-14H2,1H3,(H,22,28)/t15-,17+/m0/s1. The molecule has 2 aromatic rings. The molecule has 2 aliphatic heterocycles. The molecule has 1 aromatic carbocycles. The van der Waals surface area contributed by atoms with Gasteiger partial charge in [0, 0.05) is 32.6 Å². The lowest BCUT2D eigenvalue weighted by Crippen LogP contribution is -2.43. The Hall–Kier alpha value is -2.48. The first kappa shape index (κ1) is 19.8. The molecule has 1 aromatic heterocycles. The van der Waals surface area contributed by atoms with Crippen LogP contribution in [0, 0.1) is 5.92 Å². The Morgan fingerprint density at radius 1 is 1.21 bits per heavy atom. The molecule has 2 amide bonds. The van der Waals surface area contributed by atoms with Crippen molar-refractivity contribution < 1.29 is 9.59 Å². The van der Waals surface area contributed by atoms with Crippen LogP contribution in [0.2, 0.25) is 0 Å². The van der Waals surface area contributed by atoms with Gasteiger partial charge in [-0.25, -0.2) is 0 Å². The van der Waals surface area contributed by atoms with Crippen LogP contribution in [-0.4, -0.2) is 48.2 Å². The highest BCUT2D eigenvalue weighted by Crippen LogP contribution is 2.32. The molecule has 7 nitrogen and oxygen atoms in total. The smallest absolute Gasteiger partial charge is 0.228 e. The maximum Gasteiger partial charge on any atom is 0.228 e. The molecule has 154 valence electrons. The third-order valence-electron chi connectivity index (χ3n) is 5.72. The van der Waals surface area contributed by atoms with Crippen LogP contribution in [-0.2, 0) is 9.59 Å². The number of hydrogen-bond donors (Lipinski definition) is 1. The monoisotopic (exact) mass is 413 g/mol. The van der Waals surface area contributed by atoms with E-state index in [4.69, 9.17) is 0 Å². The first-order valence-electron chi connectivity index (χ1n) is 10.3. The van der Waals surface area contributed by atoms with Crippen molar-refractivity contribution >= 4 is 33.4 Å². The van der Waals surface area contributed by atoms with Crippen molar-refractivity contribution in [1.29, 1.82) is 0 Å². The normalized spacial score (nSPS) is 20.7. The SMILES string of the molecule is C[C@@H](CNC(=O)[C@@H]1CCCN(c2nnc(N3CCCC3=O)s2)C1)c1ccccc1. The van der Waals surface area contributed by atoms with Crippen molar-refractivity contribution in [2.24, 2.45) is 5.92 Å². The van der Waals surface area contributed by atoms with E-state index < -0.39 is 0 Å². The Bertz CT molecular complexity index is 856. The lowest BCUT2D eigenvalue weighted by molar-refractivity contribution is -0.125. The maximum atomic E-state index is 12.7. The quantitative estimate of drug-likeness (QED) is 0.788. The molecule has 0 saturated carbocycles. The van der Waals surface area contributed by atoms with Gasteiger partial charge >= 0.3 is 0 Å². The molecular formula is C21H27N5O2S. The van der Waals surface area contributed by atoms with Gasteiger partial charge in [-0.1, -0.05) is 48.6 Å². The number of nitrogens with zero attached hydrogens (tertiary/aromatic N) is 4. The van der Waals surface area contributed by atoms with Crippen molar-refractivity contribution in [3.63, 3.8) is 0 Å². The number of carbonyl (C=O) groups excluding carboxylic acids is 2. The van der Waals surface area contributed by atoms with Crippen molar-refractivity contribution in [3.8, 4) is 0 Å². The molecule has 0 spiro atoms. The average molecular weight is 414 g/mol. The van der Waals surface area contributed by atoms with Gasteiger partial charge in [-0.3, -0.25) is 14.5 Å². The third kappa shape index (κ3) is 4.58. The highest BCUT2D eigenvalue weighted by molar-refractivity contribution is 7.19. The van der Waals surface area contributed by atoms with Gasteiger partial charge in [-0.15, -0.1) is 10.2 Å². The second-order valence-corrected chi connectivity index (χ2v) is 8.79. The van der Waals surface area contributed by atoms with Crippen LogP contribution in [0.15, 0.2) is 30.3 Å². The Morgan fingerprint density at radius 3 is 2.76 bits per heavy atom. The number of anilines is 2. The highest BCUT2D eigenvalue weighted by Gasteiger charge is 2.30. The Balaban J connectivity index is 1.33. The van der Waals surface area contributed by atoms with Crippen LogP contribution in [0.25, 0.3) is 0 Å². The molecule has 2 fully saturated rings. The second kappa shape index (κ2) is 8.90. The van der Waals surface area contributed by atoms with Crippen molar-refractivity contribution in [2.45, 2.75) is 38.5 Å². The van der Waals surface area contributed by atoms with Crippen molar-refractivity contribution in [2.75, 3.05) is 36.0 Å². The molecule has 0 aliphatic carbocycles. The van der Waals surface area contributed by atoms with Gasteiger partial charge in [-0.2, -0.15) is 0 Å². The van der Waals surface area contributed by atoms with Crippen LogP contribution >= 0.6 is 11.3 Å². The largest absolute Gasteiger partial charge is 0.355 e. The van der Waals surface area contributed by atoms with Gasteiger partial charge in [0.1, 0.15) is 0 Å². The summed E-state index contributed by atoms with van der Waals surface area (Å²) in [6.07, 6.45) is 3.30. The first-order chi connectivity index (χ1) is 14.1. The number of rotatable bonds is 6. The number of carbonyl (C=O) groups is 2. The van der Waals surface area contributed by atoms with Crippen LogP contribution in [0.5, 0.6) is 0 Å². The molecule has 1 N–H and O–H groups in total. The van der Waals surface area contributed by atoms with Crippen LogP contribution < -0.4 is 15.1 Å². The molecule has 0 bridgehead atoms. The lowest BCUT2D eigenvalue weighted by atomic mass is 9.96. The van der Waals surface area contributed by atoms with E-state index in [0.717, 1.165) is 37.5 Å². The second-order valence-electron chi connectivity index (χ2n) is 7.86. The van der Waals surface area contributed by atoms with Crippen LogP contribution in [0.3, 0.4) is 0 Å². The fourth-order valence-corrected chi connectivity index (χ4v) is 4.88. The fraction of sp³-hybridized carbons (Fsp3) is 0.524. The van der Waals surface area contributed by atoms with Crippen LogP contribution in [0.1, 0.15) is 44.1 Å². The number of amides is 2. The molecule has 0 unspecified atom stereocenters. The molecule has 0 radical (unpaired) electrons. The van der Waals surface area contributed by atoms with Crippen molar-refractivity contribution in [1.82, 2.24) is 15.5 Å². The number of aromatic nitrogens is 2. The first-order valence-corrected chi connectivity index (χ1v) is 11.1. The van der Waals surface area contributed by atoms with Gasteiger partial charge in [0.2, 0.25) is 22.1 Å². The topological polar surface area (TPSA) is 78.4 Å². The Morgan fingerprint density at radius 2 is 2.00 bits per heavy atom. The zero-order valence-electron chi connectivity index (χ0n) is 16.7. The zero-order chi connectivity index (χ0) is 20.2. The summed E-state index contributed by atoms with van der Waals surface area (Å²) in [7, 11) is 0. The number of nitrogens with one attached hydrogen (secondary N) is 1. The van der Waals surface area contributed by atoms with E-state index in [-0.39, 0.29) is 23.7 Å². The number of hydrogen-bond acceptors (Lipinski definition) is 6. The molecule has 2 saturated heterocycles. The minimum absolute atomic E-state index is 0.0486. The molecule has 2 atom stereocenters. The summed E-state index contributed by atoms with van der Waals surface area (Å²) < 4.78 is 0. The van der Waals surface area contributed by atoms with Gasteiger partial charge < -0.3 is 10.2 Å². The predicted octanol–water partition coefficient (Wildman–Crippen LogP) is 2.80.